The van der Waals surface area contributed by atoms with Crippen molar-refractivity contribution in [2.75, 3.05) is 20.8 Å². The minimum atomic E-state index is 0.0666. The van der Waals surface area contributed by atoms with Crippen LogP contribution in [0, 0.1) is 0 Å². The summed E-state index contributed by atoms with van der Waals surface area (Å²) in [5.74, 6) is 2.59. The van der Waals surface area contributed by atoms with Crippen molar-refractivity contribution in [3.63, 3.8) is 0 Å². The van der Waals surface area contributed by atoms with Crippen LogP contribution in [-0.2, 0) is 13.0 Å². The van der Waals surface area contributed by atoms with Crippen molar-refractivity contribution in [2.24, 2.45) is 0 Å². The van der Waals surface area contributed by atoms with Crippen LogP contribution >= 0.6 is 0 Å². The van der Waals surface area contributed by atoms with Gasteiger partial charge in [-0.1, -0.05) is 36.4 Å². The van der Waals surface area contributed by atoms with Gasteiger partial charge in [-0.15, -0.1) is 0 Å². The standard InChI is InChI=1S/C24H25NO3/c1-26-19-9-11-23(27-2)22(15-19)24-21-10-8-20(14-18(21)12-13-25-24)28-16-17-6-4-3-5-7-17/h3-11,14-15,24-25H,12-13,16H2,1-2H3. The molecule has 3 aromatic carbocycles. The molecule has 0 fully saturated rings. The molecule has 0 aromatic heterocycles. The van der Waals surface area contributed by atoms with Gasteiger partial charge < -0.3 is 19.5 Å². The Bertz CT molecular complexity index is 940. The van der Waals surface area contributed by atoms with E-state index in [0.717, 1.165) is 35.8 Å². The molecule has 4 rings (SSSR count). The topological polar surface area (TPSA) is 39.7 Å². The van der Waals surface area contributed by atoms with Crippen molar-refractivity contribution < 1.29 is 14.2 Å². The van der Waals surface area contributed by atoms with Gasteiger partial charge in [0.1, 0.15) is 23.9 Å². The van der Waals surface area contributed by atoms with Gasteiger partial charge in [-0.3, -0.25) is 0 Å². The van der Waals surface area contributed by atoms with Gasteiger partial charge in [-0.25, -0.2) is 0 Å². The van der Waals surface area contributed by atoms with Crippen molar-refractivity contribution in [2.45, 2.75) is 19.1 Å². The van der Waals surface area contributed by atoms with Crippen LogP contribution in [0.2, 0.25) is 0 Å². The summed E-state index contributed by atoms with van der Waals surface area (Å²) in [5.41, 5.74) is 4.81. The fourth-order valence-electron chi connectivity index (χ4n) is 3.71. The fraction of sp³-hybridized carbons (Fsp3) is 0.250. The normalized spacial score (nSPS) is 15.6. The minimum absolute atomic E-state index is 0.0666. The van der Waals surface area contributed by atoms with Crippen molar-refractivity contribution in [3.8, 4) is 17.2 Å². The molecule has 3 aromatic rings. The molecular weight excluding hydrogens is 350 g/mol. The Morgan fingerprint density at radius 2 is 1.68 bits per heavy atom. The molecule has 1 atom stereocenters. The second kappa shape index (κ2) is 8.36. The molecule has 1 unspecified atom stereocenters. The largest absolute Gasteiger partial charge is 0.497 e. The molecule has 0 bridgehead atoms. The summed E-state index contributed by atoms with van der Waals surface area (Å²) < 4.78 is 17.0. The number of methoxy groups -OCH3 is 2. The van der Waals surface area contributed by atoms with Crippen LogP contribution in [0.15, 0.2) is 66.7 Å². The third-order valence-corrected chi connectivity index (χ3v) is 5.16. The first-order chi connectivity index (χ1) is 13.8. The highest BCUT2D eigenvalue weighted by molar-refractivity contribution is 5.50. The maximum absolute atomic E-state index is 6.02. The molecule has 1 aliphatic heterocycles. The minimum Gasteiger partial charge on any atom is -0.497 e. The van der Waals surface area contributed by atoms with Gasteiger partial charge >= 0.3 is 0 Å². The Morgan fingerprint density at radius 1 is 0.857 bits per heavy atom. The summed E-state index contributed by atoms with van der Waals surface area (Å²) >= 11 is 0. The summed E-state index contributed by atoms with van der Waals surface area (Å²) in [6, 6.07) is 22.6. The molecule has 0 amide bonds. The average molecular weight is 375 g/mol. The summed E-state index contributed by atoms with van der Waals surface area (Å²) in [6.45, 7) is 1.48. The van der Waals surface area contributed by atoms with E-state index in [-0.39, 0.29) is 6.04 Å². The first-order valence-electron chi connectivity index (χ1n) is 9.53. The molecule has 0 spiro atoms. The van der Waals surface area contributed by atoms with Gasteiger partial charge in [-0.05, 0) is 53.4 Å². The highest BCUT2D eigenvalue weighted by atomic mass is 16.5. The van der Waals surface area contributed by atoms with Gasteiger partial charge in [0.05, 0.1) is 20.3 Å². The maximum atomic E-state index is 6.02. The van der Waals surface area contributed by atoms with Crippen LogP contribution in [0.3, 0.4) is 0 Å². The van der Waals surface area contributed by atoms with E-state index < -0.39 is 0 Å². The Hall–Kier alpha value is -2.98. The van der Waals surface area contributed by atoms with Crippen LogP contribution < -0.4 is 19.5 Å². The summed E-state index contributed by atoms with van der Waals surface area (Å²) in [6.07, 6.45) is 0.973. The van der Waals surface area contributed by atoms with Gasteiger partial charge in [0.2, 0.25) is 0 Å². The van der Waals surface area contributed by atoms with E-state index >= 15 is 0 Å². The predicted molar refractivity (Wildman–Crippen MR) is 110 cm³/mol. The molecule has 4 heteroatoms. The van der Waals surface area contributed by atoms with Crippen LogP contribution in [0.1, 0.15) is 28.3 Å². The highest BCUT2D eigenvalue weighted by Crippen LogP contribution is 2.37. The summed E-state index contributed by atoms with van der Waals surface area (Å²) in [7, 11) is 3.39. The third kappa shape index (κ3) is 3.82. The second-order valence-corrected chi connectivity index (χ2v) is 6.88. The molecule has 1 aliphatic rings. The third-order valence-electron chi connectivity index (χ3n) is 5.16. The summed E-state index contributed by atoms with van der Waals surface area (Å²) in [5, 5.41) is 3.62. The van der Waals surface area contributed by atoms with Gasteiger partial charge in [0, 0.05) is 12.1 Å². The van der Waals surface area contributed by atoms with Crippen LogP contribution in [0.25, 0.3) is 0 Å². The zero-order valence-corrected chi connectivity index (χ0v) is 16.3. The first-order valence-corrected chi connectivity index (χ1v) is 9.53. The molecule has 4 nitrogen and oxygen atoms in total. The summed E-state index contributed by atoms with van der Waals surface area (Å²) in [4.78, 5) is 0. The zero-order valence-electron chi connectivity index (χ0n) is 16.3. The van der Waals surface area contributed by atoms with Gasteiger partial charge in [-0.2, -0.15) is 0 Å². The van der Waals surface area contributed by atoms with Gasteiger partial charge in [0.25, 0.3) is 0 Å². The SMILES string of the molecule is COc1ccc(OC)c(C2NCCc3cc(OCc4ccccc4)ccc32)c1. The van der Waals surface area contributed by atoms with Crippen LogP contribution in [0.5, 0.6) is 17.2 Å². The molecule has 1 heterocycles. The first kappa shape index (κ1) is 18.4. The lowest BCUT2D eigenvalue weighted by molar-refractivity contribution is 0.305. The quantitative estimate of drug-likeness (QED) is 0.688. The van der Waals surface area contributed by atoms with E-state index in [0.29, 0.717) is 6.61 Å². The Morgan fingerprint density at radius 3 is 2.46 bits per heavy atom. The van der Waals surface area contributed by atoms with E-state index in [9.17, 15) is 0 Å². The van der Waals surface area contributed by atoms with E-state index in [2.05, 4.69) is 35.6 Å². The molecule has 28 heavy (non-hydrogen) atoms. The number of nitrogens with one attached hydrogen (secondary N) is 1. The molecular formula is C24H25NO3. The van der Waals surface area contributed by atoms with E-state index in [1.165, 1.54) is 16.7 Å². The van der Waals surface area contributed by atoms with Crippen molar-refractivity contribution in [1.29, 1.82) is 0 Å². The van der Waals surface area contributed by atoms with Crippen LogP contribution in [-0.4, -0.2) is 20.8 Å². The average Bonchev–Trinajstić information content (AvgIpc) is 2.77. The maximum Gasteiger partial charge on any atom is 0.124 e. The molecule has 0 radical (unpaired) electrons. The number of benzene rings is 3. The number of hydrogen-bond acceptors (Lipinski definition) is 4. The smallest absolute Gasteiger partial charge is 0.124 e. The molecule has 1 N–H and O–H groups in total. The molecule has 0 aliphatic carbocycles. The second-order valence-electron chi connectivity index (χ2n) is 6.88. The Balaban J connectivity index is 1.60. The molecule has 0 saturated heterocycles. The number of hydrogen-bond donors (Lipinski definition) is 1. The highest BCUT2D eigenvalue weighted by Gasteiger charge is 2.25. The zero-order chi connectivity index (χ0) is 19.3. The van der Waals surface area contributed by atoms with E-state index in [1.54, 1.807) is 14.2 Å². The lowest BCUT2D eigenvalue weighted by Crippen LogP contribution is -2.30. The van der Waals surface area contributed by atoms with Crippen LogP contribution in [0.4, 0.5) is 0 Å². The number of ether oxygens (including phenoxy) is 3. The Kier molecular flexibility index (Phi) is 5.49. The Labute approximate surface area is 166 Å². The monoisotopic (exact) mass is 375 g/mol. The molecule has 144 valence electrons. The van der Waals surface area contributed by atoms with Crippen molar-refractivity contribution in [3.05, 3.63) is 89.0 Å². The van der Waals surface area contributed by atoms with Crippen molar-refractivity contribution in [1.82, 2.24) is 5.32 Å². The van der Waals surface area contributed by atoms with E-state index in [4.69, 9.17) is 14.2 Å². The molecule has 0 saturated carbocycles. The predicted octanol–water partition coefficient (Wildman–Crippen LogP) is 4.52. The fourth-order valence-corrected chi connectivity index (χ4v) is 3.71. The lowest BCUT2D eigenvalue weighted by atomic mass is 9.89. The number of fused-ring (bicyclic) bond motifs is 1. The number of rotatable bonds is 6. The van der Waals surface area contributed by atoms with Crippen molar-refractivity contribution >= 4 is 0 Å². The van der Waals surface area contributed by atoms with Gasteiger partial charge in [0.15, 0.2) is 0 Å². The lowest BCUT2D eigenvalue weighted by Gasteiger charge is -2.29. The van der Waals surface area contributed by atoms with E-state index in [1.807, 2.05) is 36.4 Å².